The highest BCUT2D eigenvalue weighted by atomic mass is 19.1. The third-order valence-corrected chi connectivity index (χ3v) is 3.25. The normalized spacial score (nSPS) is 10.3. The lowest BCUT2D eigenvalue weighted by molar-refractivity contribution is 0.102. The van der Waals surface area contributed by atoms with Crippen molar-refractivity contribution < 1.29 is 9.18 Å². The molecular formula is C16H18FN3O. The molecule has 1 amide bonds. The molecule has 1 aromatic heterocycles. The number of halogens is 1. The number of anilines is 2. The summed E-state index contributed by atoms with van der Waals surface area (Å²) in [5, 5.41) is 5.63. The molecule has 5 heteroatoms. The van der Waals surface area contributed by atoms with Gasteiger partial charge in [-0.05, 0) is 38.0 Å². The van der Waals surface area contributed by atoms with Gasteiger partial charge in [0, 0.05) is 12.7 Å². The second-order valence-electron chi connectivity index (χ2n) is 5.03. The lowest BCUT2D eigenvalue weighted by Crippen LogP contribution is -2.16. The summed E-state index contributed by atoms with van der Waals surface area (Å²) in [5.74, 6) is -0.589. The third kappa shape index (κ3) is 3.18. The van der Waals surface area contributed by atoms with Crippen molar-refractivity contribution in [1.29, 1.82) is 0 Å². The maximum atomic E-state index is 13.3. The molecule has 1 aromatic carbocycles. The highest BCUT2D eigenvalue weighted by Crippen LogP contribution is 2.23. The number of nitrogens with zero attached hydrogens (tertiary/aromatic N) is 1. The highest BCUT2D eigenvalue weighted by Gasteiger charge is 2.15. The monoisotopic (exact) mass is 287 g/mol. The maximum Gasteiger partial charge on any atom is 0.259 e. The zero-order chi connectivity index (χ0) is 15.6. The fourth-order valence-corrected chi connectivity index (χ4v) is 2.37. The fraction of sp³-hybridized carbons (Fsp3) is 0.250. The number of hydrogen-bond donors (Lipinski definition) is 2. The first-order valence-corrected chi connectivity index (χ1v) is 6.65. The van der Waals surface area contributed by atoms with Crippen LogP contribution in [0.5, 0.6) is 0 Å². The predicted octanol–water partition coefficient (Wildman–Crippen LogP) is 3.44. The molecule has 0 saturated carbocycles. The molecule has 0 fully saturated rings. The van der Waals surface area contributed by atoms with Crippen LogP contribution < -0.4 is 10.6 Å². The van der Waals surface area contributed by atoms with Crippen LogP contribution in [-0.2, 0) is 0 Å². The van der Waals surface area contributed by atoms with Gasteiger partial charge in [-0.2, -0.15) is 0 Å². The van der Waals surface area contributed by atoms with Gasteiger partial charge in [-0.1, -0.05) is 17.7 Å². The Balaban J connectivity index is 2.37. The number of amides is 1. The zero-order valence-corrected chi connectivity index (χ0v) is 12.5. The lowest BCUT2D eigenvalue weighted by atomic mass is 10.0. The lowest BCUT2D eigenvalue weighted by Gasteiger charge is -2.14. The van der Waals surface area contributed by atoms with Crippen molar-refractivity contribution >= 4 is 17.4 Å². The first-order valence-electron chi connectivity index (χ1n) is 6.65. The second-order valence-corrected chi connectivity index (χ2v) is 5.03. The van der Waals surface area contributed by atoms with E-state index >= 15 is 0 Å². The minimum Gasteiger partial charge on any atom is -0.372 e. The molecule has 0 atom stereocenters. The van der Waals surface area contributed by atoms with E-state index in [0.29, 0.717) is 5.82 Å². The topological polar surface area (TPSA) is 54.0 Å². The Hall–Kier alpha value is -2.43. The van der Waals surface area contributed by atoms with E-state index < -0.39 is 5.82 Å². The van der Waals surface area contributed by atoms with Gasteiger partial charge < -0.3 is 10.6 Å². The fourth-order valence-electron chi connectivity index (χ4n) is 2.37. The van der Waals surface area contributed by atoms with E-state index in [0.717, 1.165) is 28.6 Å². The Morgan fingerprint density at radius 2 is 1.76 bits per heavy atom. The van der Waals surface area contributed by atoms with Gasteiger partial charge in [-0.3, -0.25) is 4.79 Å². The number of rotatable bonds is 3. The Bertz CT molecular complexity index is 675. The van der Waals surface area contributed by atoms with E-state index in [1.54, 1.807) is 7.05 Å². The smallest absolute Gasteiger partial charge is 0.259 e. The van der Waals surface area contributed by atoms with Gasteiger partial charge in [-0.25, -0.2) is 9.37 Å². The van der Waals surface area contributed by atoms with Crippen molar-refractivity contribution in [2.24, 2.45) is 0 Å². The summed E-state index contributed by atoms with van der Waals surface area (Å²) < 4.78 is 13.3. The summed E-state index contributed by atoms with van der Waals surface area (Å²) in [6.45, 7) is 5.86. The number of aromatic nitrogens is 1. The van der Waals surface area contributed by atoms with Crippen molar-refractivity contribution in [2.75, 3.05) is 17.7 Å². The van der Waals surface area contributed by atoms with Crippen molar-refractivity contribution in [3.05, 3.63) is 52.5 Å². The van der Waals surface area contributed by atoms with E-state index in [1.165, 1.54) is 6.07 Å². The van der Waals surface area contributed by atoms with Crippen LogP contribution in [0.25, 0.3) is 0 Å². The molecular weight excluding hydrogens is 269 g/mol. The average molecular weight is 287 g/mol. The molecule has 0 aliphatic heterocycles. The van der Waals surface area contributed by atoms with Gasteiger partial charge in [0.25, 0.3) is 5.91 Å². The number of carbonyl (C=O) groups excluding carboxylic acids is 1. The Labute approximate surface area is 123 Å². The number of carbonyl (C=O) groups is 1. The summed E-state index contributed by atoms with van der Waals surface area (Å²) in [7, 11) is 1.64. The van der Waals surface area contributed by atoms with Gasteiger partial charge in [0.05, 0.1) is 11.8 Å². The van der Waals surface area contributed by atoms with Gasteiger partial charge >= 0.3 is 0 Å². The van der Waals surface area contributed by atoms with Crippen LogP contribution in [-0.4, -0.2) is 17.9 Å². The largest absolute Gasteiger partial charge is 0.372 e. The molecule has 2 N–H and O–H groups in total. The predicted molar refractivity (Wildman–Crippen MR) is 82.3 cm³/mol. The van der Waals surface area contributed by atoms with E-state index in [4.69, 9.17) is 0 Å². The van der Waals surface area contributed by atoms with Crippen LogP contribution in [0.2, 0.25) is 0 Å². The van der Waals surface area contributed by atoms with Crippen molar-refractivity contribution in [3.63, 3.8) is 0 Å². The first-order chi connectivity index (χ1) is 9.92. The molecule has 4 nitrogen and oxygen atoms in total. The van der Waals surface area contributed by atoms with E-state index in [1.807, 2.05) is 32.9 Å². The minimum absolute atomic E-state index is 0.178. The number of nitrogens with one attached hydrogen (secondary N) is 2. The Morgan fingerprint density at radius 3 is 2.33 bits per heavy atom. The van der Waals surface area contributed by atoms with Gasteiger partial charge in [0.15, 0.2) is 0 Å². The summed E-state index contributed by atoms with van der Waals surface area (Å²) in [6.07, 6.45) is 1.07. The second kappa shape index (κ2) is 5.91. The maximum absolute atomic E-state index is 13.3. The Morgan fingerprint density at radius 1 is 1.14 bits per heavy atom. The Kier molecular flexibility index (Phi) is 4.21. The first kappa shape index (κ1) is 15.0. The molecule has 0 spiro atoms. The van der Waals surface area contributed by atoms with Crippen molar-refractivity contribution in [2.45, 2.75) is 20.8 Å². The molecule has 1 heterocycles. The van der Waals surface area contributed by atoms with E-state index in [2.05, 4.69) is 15.6 Å². The number of pyridine rings is 1. The van der Waals surface area contributed by atoms with E-state index in [-0.39, 0.29) is 11.5 Å². The van der Waals surface area contributed by atoms with Crippen LogP contribution >= 0.6 is 0 Å². The van der Waals surface area contributed by atoms with Gasteiger partial charge in [0.1, 0.15) is 11.6 Å². The van der Waals surface area contributed by atoms with Gasteiger partial charge in [-0.15, -0.1) is 0 Å². The quantitative estimate of drug-likeness (QED) is 0.909. The van der Waals surface area contributed by atoms with Crippen LogP contribution in [0.15, 0.2) is 24.4 Å². The molecule has 21 heavy (non-hydrogen) atoms. The summed E-state index contributed by atoms with van der Waals surface area (Å²) >= 11 is 0. The van der Waals surface area contributed by atoms with Crippen LogP contribution in [0.3, 0.4) is 0 Å². The van der Waals surface area contributed by atoms with Gasteiger partial charge in [0.2, 0.25) is 0 Å². The van der Waals surface area contributed by atoms with E-state index in [9.17, 15) is 9.18 Å². The standard InChI is InChI=1S/C16H18FN3O/c1-9-5-10(2)14(11(3)6-9)20-16(21)13-7-12(17)8-19-15(13)18-4/h5-8H,1-4H3,(H,18,19)(H,20,21). The number of hydrogen-bond acceptors (Lipinski definition) is 3. The molecule has 0 aliphatic carbocycles. The number of aryl methyl sites for hydroxylation is 3. The SMILES string of the molecule is CNc1ncc(F)cc1C(=O)Nc1c(C)cc(C)cc1C. The van der Waals surface area contributed by atoms with Crippen molar-refractivity contribution in [1.82, 2.24) is 4.98 Å². The van der Waals surface area contributed by atoms with Crippen LogP contribution in [0.1, 0.15) is 27.0 Å². The number of benzene rings is 1. The molecule has 0 saturated heterocycles. The third-order valence-electron chi connectivity index (χ3n) is 3.25. The molecule has 110 valence electrons. The molecule has 0 aliphatic rings. The van der Waals surface area contributed by atoms with Crippen molar-refractivity contribution in [3.8, 4) is 0 Å². The molecule has 0 unspecified atom stereocenters. The minimum atomic E-state index is -0.545. The molecule has 0 bridgehead atoms. The summed E-state index contributed by atoms with van der Waals surface area (Å²) in [4.78, 5) is 16.2. The summed E-state index contributed by atoms with van der Waals surface area (Å²) in [6, 6.07) is 5.16. The molecule has 2 aromatic rings. The molecule has 2 rings (SSSR count). The molecule has 0 radical (unpaired) electrons. The zero-order valence-electron chi connectivity index (χ0n) is 12.5. The average Bonchev–Trinajstić information content (AvgIpc) is 2.42. The highest BCUT2D eigenvalue weighted by molar-refractivity contribution is 6.08. The summed E-state index contributed by atoms with van der Waals surface area (Å²) in [5.41, 5.74) is 3.99. The van der Waals surface area contributed by atoms with Crippen LogP contribution in [0, 0.1) is 26.6 Å². The van der Waals surface area contributed by atoms with Crippen LogP contribution in [0.4, 0.5) is 15.9 Å².